The summed E-state index contributed by atoms with van der Waals surface area (Å²) >= 11 is 1.72. The maximum atomic E-state index is 5.38. The fourth-order valence-corrected chi connectivity index (χ4v) is 2.72. The lowest BCUT2D eigenvalue weighted by molar-refractivity contribution is 0.0455. The first kappa shape index (κ1) is 10.8. The fourth-order valence-electron chi connectivity index (χ4n) is 1.64. The Morgan fingerprint density at radius 1 is 1.29 bits per heavy atom. The van der Waals surface area contributed by atoms with Gasteiger partial charge < -0.3 is 4.74 Å². The summed E-state index contributed by atoms with van der Waals surface area (Å²) in [7, 11) is 0. The molecule has 1 aliphatic rings. The lowest BCUT2D eigenvalue weighted by atomic mass is 10.2. The number of nitrogens with zero attached hydrogens (tertiary/aromatic N) is 2. The van der Waals surface area contributed by atoms with Gasteiger partial charge in [0.05, 0.1) is 24.0 Å². The number of fused-ring (bicyclic) bond motifs is 1. The largest absolute Gasteiger partial charge is 0.379 e. The zero-order chi connectivity index (χ0) is 11.7. The van der Waals surface area contributed by atoms with Crippen molar-refractivity contribution < 1.29 is 4.74 Å². The van der Waals surface area contributed by atoms with Crippen LogP contribution >= 0.6 is 11.8 Å². The summed E-state index contributed by atoms with van der Waals surface area (Å²) < 4.78 is 5.17. The van der Waals surface area contributed by atoms with Crippen LogP contribution in [0.5, 0.6) is 0 Å². The molecule has 0 bridgehead atoms. The molecule has 0 aliphatic carbocycles. The highest BCUT2D eigenvalue weighted by molar-refractivity contribution is 8.00. The number of aromatic nitrogens is 2. The third-order valence-electron chi connectivity index (χ3n) is 2.58. The lowest BCUT2D eigenvalue weighted by Crippen LogP contribution is -2.30. The van der Waals surface area contributed by atoms with E-state index in [0.717, 1.165) is 29.1 Å². The van der Waals surface area contributed by atoms with E-state index in [4.69, 9.17) is 10.6 Å². The number of benzene rings is 1. The van der Waals surface area contributed by atoms with Gasteiger partial charge in [0.25, 0.3) is 0 Å². The van der Waals surface area contributed by atoms with Crippen LogP contribution in [0.3, 0.4) is 0 Å². The maximum Gasteiger partial charge on any atom is 0.238 e. The highest BCUT2D eigenvalue weighted by Gasteiger charge is 2.21. The molecule has 0 saturated carbocycles. The summed E-state index contributed by atoms with van der Waals surface area (Å²) in [6, 6.07) is 7.93. The predicted molar refractivity (Wildman–Crippen MR) is 67.8 cm³/mol. The van der Waals surface area contributed by atoms with Crippen molar-refractivity contribution in [3.05, 3.63) is 24.3 Å². The molecule has 2 aromatic rings. The van der Waals surface area contributed by atoms with Gasteiger partial charge in [0.2, 0.25) is 5.95 Å². The highest BCUT2D eigenvalue weighted by atomic mass is 32.2. The zero-order valence-corrected chi connectivity index (χ0v) is 9.91. The molecule has 5 nitrogen and oxygen atoms in total. The molecule has 2 heterocycles. The number of rotatable bonds is 3. The summed E-state index contributed by atoms with van der Waals surface area (Å²) in [5.41, 5.74) is 3.40. The highest BCUT2D eigenvalue weighted by Crippen LogP contribution is 2.32. The number of hydrazine groups is 1. The normalized spacial score (nSPS) is 15.8. The second kappa shape index (κ2) is 4.48. The smallest absolute Gasteiger partial charge is 0.238 e. The number of hydrogen-bond donors (Lipinski definition) is 2. The van der Waals surface area contributed by atoms with Gasteiger partial charge in [-0.3, -0.25) is 5.43 Å². The van der Waals surface area contributed by atoms with E-state index < -0.39 is 0 Å². The molecule has 1 saturated heterocycles. The molecule has 1 aromatic carbocycles. The average Bonchev–Trinajstić information content (AvgIpc) is 2.33. The Morgan fingerprint density at radius 3 is 2.82 bits per heavy atom. The first-order chi connectivity index (χ1) is 8.36. The molecule has 0 radical (unpaired) electrons. The summed E-state index contributed by atoms with van der Waals surface area (Å²) in [4.78, 5) is 8.72. The molecule has 0 atom stereocenters. The van der Waals surface area contributed by atoms with E-state index in [1.165, 1.54) is 0 Å². The van der Waals surface area contributed by atoms with Crippen molar-refractivity contribution in [3.8, 4) is 0 Å². The number of nitrogen functional groups attached to an aromatic ring is 1. The number of nitrogens with two attached hydrogens (primary N) is 1. The summed E-state index contributed by atoms with van der Waals surface area (Å²) in [6.45, 7) is 1.57. The van der Waals surface area contributed by atoms with Crippen LogP contribution in [-0.2, 0) is 4.74 Å². The third kappa shape index (κ3) is 2.06. The first-order valence-corrected chi connectivity index (χ1v) is 6.22. The fraction of sp³-hybridized carbons (Fsp3) is 0.273. The molecule has 0 unspecified atom stereocenters. The van der Waals surface area contributed by atoms with Crippen molar-refractivity contribution in [2.45, 2.75) is 10.3 Å². The van der Waals surface area contributed by atoms with Crippen LogP contribution in [-0.4, -0.2) is 28.4 Å². The van der Waals surface area contributed by atoms with Crippen molar-refractivity contribution in [2.24, 2.45) is 5.84 Å². The van der Waals surface area contributed by atoms with Gasteiger partial charge in [-0.15, -0.1) is 0 Å². The Hall–Kier alpha value is -1.37. The van der Waals surface area contributed by atoms with E-state index in [0.29, 0.717) is 11.2 Å². The Morgan fingerprint density at radius 2 is 2.12 bits per heavy atom. The van der Waals surface area contributed by atoms with Gasteiger partial charge in [-0.05, 0) is 6.07 Å². The van der Waals surface area contributed by atoms with E-state index in [-0.39, 0.29) is 0 Å². The van der Waals surface area contributed by atoms with Gasteiger partial charge in [-0.2, -0.15) is 0 Å². The SMILES string of the molecule is NNc1nc(SC2COC2)c2ccccc2n1. The van der Waals surface area contributed by atoms with Crippen LogP contribution in [0, 0.1) is 0 Å². The van der Waals surface area contributed by atoms with E-state index >= 15 is 0 Å². The van der Waals surface area contributed by atoms with Crippen LogP contribution in [0.4, 0.5) is 5.95 Å². The molecule has 0 amide bonds. The topological polar surface area (TPSA) is 73.1 Å². The zero-order valence-electron chi connectivity index (χ0n) is 9.09. The molecule has 0 spiro atoms. The van der Waals surface area contributed by atoms with Crippen molar-refractivity contribution in [2.75, 3.05) is 18.6 Å². The summed E-state index contributed by atoms with van der Waals surface area (Å²) in [6.07, 6.45) is 0. The Balaban J connectivity index is 2.05. The number of nitrogens with one attached hydrogen (secondary N) is 1. The predicted octanol–water partition coefficient (Wildman–Crippen LogP) is 1.41. The molecular formula is C11H12N4OS. The van der Waals surface area contributed by atoms with Gasteiger partial charge in [-0.25, -0.2) is 15.8 Å². The van der Waals surface area contributed by atoms with Crippen molar-refractivity contribution in [3.63, 3.8) is 0 Å². The average molecular weight is 248 g/mol. The molecule has 3 N–H and O–H groups in total. The Bertz CT molecular complexity index is 544. The van der Waals surface area contributed by atoms with Crippen molar-refractivity contribution in [1.82, 2.24) is 9.97 Å². The van der Waals surface area contributed by atoms with Gasteiger partial charge in [0, 0.05) is 5.39 Å². The second-order valence-corrected chi connectivity index (χ2v) is 5.08. The number of anilines is 1. The first-order valence-electron chi connectivity index (χ1n) is 5.34. The molecule has 1 aromatic heterocycles. The van der Waals surface area contributed by atoms with Crippen LogP contribution in [0.25, 0.3) is 10.9 Å². The number of para-hydroxylation sites is 1. The number of ether oxygens (including phenoxy) is 1. The van der Waals surface area contributed by atoms with Crippen molar-refractivity contribution in [1.29, 1.82) is 0 Å². The van der Waals surface area contributed by atoms with Crippen LogP contribution in [0.2, 0.25) is 0 Å². The maximum absolute atomic E-state index is 5.38. The third-order valence-corrected chi connectivity index (χ3v) is 3.72. The quantitative estimate of drug-likeness (QED) is 0.486. The monoisotopic (exact) mass is 248 g/mol. The molecule has 1 aliphatic heterocycles. The van der Waals surface area contributed by atoms with E-state index in [9.17, 15) is 0 Å². The Kier molecular flexibility index (Phi) is 2.84. The van der Waals surface area contributed by atoms with Crippen LogP contribution in [0.1, 0.15) is 0 Å². The second-order valence-electron chi connectivity index (χ2n) is 3.79. The van der Waals surface area contributed by atoms with Gasteiger partial charge in [0.1, 0.15) is 5.03 Å². The number of hydrogen-bond acceptors (Lipinski definition) is 6. The van der Waals surface area contributed by atoms with Gasteiger partial charge in [-0.1, -0.05) is 30.0 Å². The van der Waals surface area contributed by atoms with E-state index in [1.54, 1.807) is 11.8 Å². The molecular weight excluding hydrogens is 236 g/mol. The molecule has 17 heavy (non-hydrogen) atoms. The van der Waals surface area contributed by atoms with E-state index in [1.807, 2.05) is 24.3 Å². The molecule has 3 rings (SSSR count). The minimum absolute atomic E-state index is 0.450. The minimum atomic E-state index is 0.450. The van der Waals surface area contributed by atoms with Crippen molar-refractivity contribution >= 4 is 28.6 Å². The van der Waals surface area contributed by atoms with Gasteiger partial charge in [0.15, 0.2) is 0 Å². The Labute approximate surface area is 103 Å². The standard InChI is InChI=1S/C11H12N4OS/c12-15-11-13-9-4-2-1-3-8(9)10(14-11)17-7-5-16-6-7/h1-4,7H,5-6,12H2,(H,13,14,15). The van der Waals surface area contributed by atoms with E-state index in [2.05, 4.69) is 15.4 Å². The van der Waals surface area contributed by atoms with Gasteiger partial charge >= 0.3 is 0 Å². The van der Waals surface area contributed by atoms with Crippen LogP contribution < -0.4 is 11.3 Å². The minimum Gasteiger partial charge on any atom is -0.379 e. The lowest BCUT2D eigenvalue weighted by Gasteiger charge is -2.25. The molecule has 6 heteroatoms. The molecule has 1 fully saturated rings. The number of thioether (sulfide) groups is 1. The summed E-state index contributed by atoms with van der Waals surface area (Å²) in [5.74, 6) is 5.83. The van der Waals surface area contributed by atoms with Crippen LogP contribution in [0.15, 0.2) is 29.3 Å². The summed E-state index contributed by atoms with van der Waals surface area (Å²) in [5, 5.41) is 2.50. The molecule has 88 valence electrons.